The number of aromatic nitrogens is 1. The maximum Gasteiger partial charge on any atom is 0.359 e. The van der Waals surface area contributed by atoms with Gasteiger partial charge in [0.2, 0.25) is 0 Å². The second kappa shape index (κ2) is 6.38. The summed E-state index contributed by atoms with van der Waals surface area (Å²) in [5, 5.41) is 0.838. The Morgan fingerprint density at radius 2 is 2.06 bits per heavy atom. The summed E-state index contributed by atoms with van der Waals surface area (Å²) in [5.41, 5.74) is 0.253. The molecule has 0 unspecified atom stereocenters. The van der Waals surface area contributed by atoms with Gasteiger partial charge in [0.05, 0.1) is 6.61 Å². The van der Waals surface area contributed by atoms with Crippen molar-refractivity contribution in [2.45, 2.75) is 32.6 Å². The number of esters is 1. The highest BCUT2D eigenvalue weighted by Crippen LogP contribution is 2.32. The third kappa shape index (κ3) is 3.14. The smallest absolute Gasteiger partial charge is 0.359 e. The summed E-state index contributed by atoms with van der Waals surface area (Å²) in [7, 11) is 0. The number of halogens is 1. The molecular weight excluding hydrogens is 272 g/mol. The number of hydrogen-bond donors (Lipinski definition) is 0. The molecule has 1 aromatic heterocycles. The molecule has 0 spiro atoms. The van der Waals surface area contributed by atoms with Crippen molar-refractivity contribution in [3.05, 3.63) is 10.0 Å². The fraction of sp³-hybridized carbons (Fsp3) is 0.667. The maximum absolute atomic E-state index is 11.6. The molecule has 6 heteroatoms. The van der Waals surface area contributed by atoms with E-state index in [1.54, 1.807) is 6.92 Å². The van der Waals surface area contributed by atoms with Crippen LogP contribution >= 0.6 is 22.9 Å². The molecule has 0 aromatic carbocycles. The quantitative estimate of drug-likeness (QED) is 0.800. The molecule has 0 radical (unpaired) electrons. The topological polar surface area (TPSA) is 42.4 Å². The summed E-state index contributed by atoms with van der Waals surface area (Å²) in [6.07, 6.45) is 4.87. The molecule has 2 rings (SSSR count). The van der Waals surface area contributed by atoms with Crippen LogP contribution in [0.25, 0.3) is 0 Å². The summed E-state index contributed by atoms with van der Waals surface area (Å²) in [5.74, 6) is -0.431. The molecule has 0 bridgehead atoms. The van der Waals surface area contributed by atoms with E-state index in [2.05, 4.69) is 9.88 Å². The lowest BCUT2D eigenvalue weighted by Gasteiger charge is -2.18. The van der Waals surface area contributed by atoms with Crippen LogP contribution in [0.5, 0.6) is 0 Å². The average Bonchev–Trinajstić information content (AvgIpc) is 2.58. The number of anilines is 1. The Hall–Kier alpha value is -0.810. The second-order valence-corrected chi connectivity index (χ2v) is 5.82. The van der Waals surface area contributed by atoms with Crippen LogP contribution in [-0.4, -0.2) is 30.6 Å². The van der Waals surface area contributed by atoms with Gasteiger partial charge in [-0.15, -0.1) is 0 Å². The van der Waals surface area contributed by atoms with Crippen molar-refractivity contribution in [3.8, 4) is 0 Å². The van der Waals surface area contributed by atoms with Crippen molar-refractivity contribution in [2.24, 2.45) is 0 Å². The monoisotopic (exact) mass is 288 g/mol. The van der Waals surface area contributed by atoms with E-state index in [0.29, 0.717) is 10.9 Å². The van der Waals surface area contributed by atoms with Crippen molar-refractivity contribution in [2.75, 3.05) is 24.6 Å². The number of ether oxygens (including phenoxy) is 1. The van der Waals surface area contributed by atoms with Gasteiger partial charge in [0.1, 0.15) is 4.34 Å². The van der Waals surface area contributed by atoms with Gasteiger partial charge in [-0.3, -0.25) is 0 Å². The number of carbonyl (C=O) groups is 1. The molecule has 4 nitrogen and oxygen atoms in total. The number of rotatable bonds is 3. The molecule has 18 heavy (non-hydrogen) atoms. The van der Waals surface area contributed by atoms with Crippen LogP contribution in [0, 0.1) is 0 Å². The van der Waals surface area contributed by atoms with Crippen LogP contribution in [0.2, 0.25) is 4.34 Å². The summed E-state index contributed by atoms with van der Waals surface area (Å²) in [6.45, 7) is 4.10. The third-order valence-electron chi connectivity index (χ3n) is 2.92. The highest BCUT2D eigenvalue weighted by atomic mass is 35.5. The average molecular weight is 289 g/mol. The van der Waals surface area contributed by atoms with Crippen LogP contribution in [0.4, 0.5) is 5.13 Å². The summed E-state index contributed by atoms with van der Waals surface area (Å²) in [4.78, 5) is 18.2. The predicted molar refractivity (Wildman–Crippen MR) is 73.8 cm³/mol. The normalized spacial score (nSPS) is 16.4. The van der Waals surface area contributed by atoms with Crippen molar-refractivity contribution < 1.29 is 9.53 Å². The lowest BCUT2D eigenvalue weighted by Crippen LogP contribution is -2.23. The highest BCUT2D eigenvalue weighted by Gasteiger charge is 2.21. The molecule has 0 saturated carbocycles. The first kappa shape index (κ1) is 13.6. The highest BCUT2D eigenvalue weighted by molar-refractivity contribution is 7.19. The van der Waals surface area contributed by atoms with Crippen LogP contribution in [0.1, 0.15) is 43.1 Å². The largest absolute Gasteiger partial charge is 0.461 e. The molecule has 0 aliphatic carbocycles. The van der Waals surface area contributed by atoms with E-state index in [1.807, 2.05) is 0 Å². The molecule has 1 aliphatic rings. The van der Waals surface area contributed by atoms with Gasteiger partial charge in [-0.25, -0.2) is 9.78 Å². The van der Waals surface area contributed by atoms with Crippen LogP contribution in [-0.2, 0) is 4.74 Å². The summed E-state index contributed by atoms with van der Waals surface area (Å²) in [6, 6.07) is 0. The van der Waals surface area contributed by atoms with E-state index in [0.717, 1.165) is 18.2 Å². The minimum atomic E-state index is -0.431. The standard InChI is InChI=1S/C12H17ClN2O2S/c1-2-17-11(16)9-10(13)18-12(14-9)15-7-5-3-4-6-8-15/h2-8H2,1H3. The summed E-state index contributed by atoms with van der Waals surface area (Å²) < 4.78 is 5.36. The van der Waals surface area contributed by atoms with Crippen molar-refractivity contribution in [3.63, 3.8) is 0 Å². The Morgan fingerprint density at radius 1 is 1.39 bits per heavy atom. The Bertz CT molecular complexity index is 414. The van der Waals surface area contributed by atoms with E-state index in [9.17, 15) is 4.79 Å². The molecule has 1 fully saturated rings. The predicted octanol–water partition coefficient (Wildman–Crippen LogP) is 3.35. The first-order valence-corrected chi connectivity index (χ1v) is 7.50. The second-order valence-electron chi connectivity index (χ2n) is 4.24. The minimum absolute atomic E-state index is 0.253. The molecule has 0 amide bonds. The lowest BCUT2D eigenvalue weighted by molar-refractivity contribution is 0.0520. The van der Waals surface area contributed by atoms with Crippen LogP contribution < -0.4 is 4.90 Å². The van der Waals surface area contributed by atoms with E-state index in [4.69, 9.17) is 16.3 Å². The van der Waals surface area contributed by atoms with E-state index >= 15 is 0 Å². The van der Waals surface area contributed by atoms with E-state index in [-0.39, 0.29) is 5.69 Å². The fourth-order valence-electron chi connectivity index (χ4n) is 2.01. The molecule has 1 aliphatic heterocycles. The SMILES string of the molecule is CCOC(=O)c1nc(N2CCCCCC2)sc1Cl. The zero-order chi connectivity index (χ0) is 13.0. The molecule has 2 heterocycles. The van der Waals surface area contributed by atoms with Gasteiger partial charge in [0.25, 0.3) is 0 Å². The third-order valence-corrected chi connectivity index (χ3v) is 4.23. The van der Waals surface area contributed by atoms with E-state index in [1.165, 1.54) is 37.0 Å². The molecule has 0 atom stereocenters. The molecule has 1 aromatic rings. The van der Waals surface area contributed by atoms with Gasteiger partial charge >= 0.3 is 5.97 Å². The number of nitrogens with zero attached hydrogens (tertiary/aromatic N) is 2. The van der Waals surface area contributed by atoms with Gasteiger partial charge < -0.3 is 9.64 Å². The molecule has 0 N–H and O–H groups in total. The Morgan fingerprint density at radius 3 is 2.67 bits per heavy atom. The Kier molecular flexibility index (Phi) is 4.83. The van der Waals surface area contributed by atoms with Crippen molar-refractivity contribution in [1.82, 2.24) is 4.98 Å². The number of thiazole rings is 1. The van der Waals surface area contributed by atoms with Gasteiger partial charge in [0.15, 0.2) is 10.8 Å². The van der Waals surface area contributed by atoms with Gasteiger partial charge in [-0.1, -0.05) is 35.8 Å². The molecule has 1 saturated heterocycles. The zero-order valence-corrected chi connectivity index (χ0v) is 12.0. The van der Waals surface area contributed by atoms with Crippen LogP contribution in [0.3, 0.4) is 0 Å². The van der Waals surface area contributed by atoms with Crippen LogP contribution in [0.15, 0.2) is 0 Å². The van der Waals surface area contributed by atoms with E-state index < -0.39 is 5.97 Å². The first-order valence-electron chi connectivity index (χ1n) is 6.30. The number of hydrogen-bond acceptors (Lipinski definition) is 5. The zero-order valence-electron chi connectivity index (χ0n) is 10.4. The van der Waals surface area contributed by atoms with Gasteiger partial charge in [-0.05, 0) is 19.8 Å². The van der Waals surface area contributed by atoms with Crippen molar-refractivity contribution >= 4 is 34.0 Å². The maximum atomic E-state index is 11.6. The van der Waals surface area contributed by atoms with Gasteiger partial charge in [-0.2, -0.15) is 0 Å². The van der Waals surface area contributed by atoms with Crippen molar-refractivity contribution in [1.29, 1.82) is 0 Å². The Labute approximate surface area is 116 Å². The molecular formula is C12H17ClN2O2S. The first-order chi connectivity index (χ1) is 8.72. The fourth-order valence-corrected chi connectivity index (χ4v) is 3.17. The molecule has 100 valence electrons. The minimum Gasteiger partial charge on any atom is -0.461 e. The summed E-state index contributed by atoms with van der Waals surface area (Å²) >= 11 is 7.43. The van der Waals surface area contributed by atoms with Gasteiger partial charge in [0, 0.05) is 13.1 Å². The Balaban J connectivity index is 2.14. The number of carbonyl (C=O) groups excluding carboxylic acids is 1. The lowest BCUT2D eigenvalue weighted by atomic mass is 10.2.